The first-order valence-corrected chi connectivity index (χ1v) is 13.4. The van der Waals surface area contributed by atoms with Crippen molar-refractivity contribution in [2.24, 2.45) is 5.92 Å². The van der Waals surface area contributed by atoms with E-state index in [0.29, 0.717) is 12.3 Å². The normalized spacial score (nSPS) is 14.6. The molecule has 3 atom stereocenters. The van der Waals surface area contributed by atoms with Gasteiger partial charge in [-0.05, 0) is 79.7 Å². The average Bonchev–Trinajstić information content (AvgIpc) is 2.70. The number of amides is 3. The molecule has 204 valence electrons. The number of benzene rings is 1. The van der Waals surface area contributed by atoms with Crippen LogP contribution in [0.5, 0.6) is 0 Å². The Hall–Kier alpha value is -2.22. The summed E-state index contributed by atoms with van der Waals surface area (Å²) in [5.74, 6) is -0.145. The summed E-state index contributed by atoms with van der Waals surface area (Å²) in [6, 6.07) is 5.54. The molecule has 0 spiro atoms. The lowest BCUT2D eigenvalue weighted by Gasteiger charge is -2.39. The van der Waals surface area contributed by atoms with Gasteiger partial charge in [-0.15, -0.1) is 0 Å². The minimum Gasteiger partial charge on any atom is -0.444 e. The molecule has 0 aliphatic carbocycles. The van der Waals surface area contributed by atoms with E-state index >= 15 is 0 Å². The Bertz CT molecular complexity index is 890. The Morgan fingerprint density at radius 2 is 1.64 bits per heavy atom. The second-order valence-corrected chi connectivity index (χ2v) is 12.4. The Morgan fingerprint density at radius 1 is 1.03 bits per heavy atom. The molecule has 0 heterocycles. The highest BCUT2D eigenvalue weighted by molar-refractivity contribution is 7.80. The molecule has 1 aromatic carbocycles. The van der Waals surface area contributed by atoms with E-state index in [2.05, 4.69) is 37.1 Å². The van der Waals surface area contributed by atoms with Gasteiger partial charge in [-0.3, -0.25) is 9.59 Å². The van der Waals surface area contributed by atoms with Gasteiger partial charge in [0.1, 0.15) is 17.7 Å². The van der Waals surface area contributed by atoms with Gasteiger partial charge in [0.15, 0.2) is 0 Å². The Labute approximate surface area is 223 Å². The number of hydrogen-bond acceptors (Lipinski definition) is 5. The fourth-order valence-corrected chi connectivity index (χ4v) is 4.09. The Morgan fingerprint density at radius 3 is 2.11 bits per heavy atom. The number of rotatable bonds is 10. The number of carbonyl (C=O) groups is 3. The second kappa shape index (κ2) is 13.4. The van der Waals surface area contributed by atoms with Gasteiger partial charge >= 0.3 is 6.09 Å². The van der Waals surface area contributed by atoms with E-state index in [4.69, 9.17) is 4.74 Å². The summed E-state index contributed by atoms with van der Waals surface area (Å²) in [6.45, 7) is 19.2. The van der Waals surface area contributed by atoms with Crippen molar-refractivity contribution in [2.75, 3.05) is 5.75 Å². The van der Waals surface area contributed by atoms with Crippen LogP contribution in [0.25, 0.3) is 0 Å². The third-order valence-electron chi connectivity index (χ3n) is 5.45. The van der Waals surface area contributed by atoms with Crippen molar-refractivity contribution in [3.05, 3.63) is 35.4 Å². The second-order valence-electron chi connectivity index (χ2n) is 12.0. The van der Waals surface area contributed by atoms with Crippen molar-refractivity contribution in [3.63, 3.8) is 0 Å². The van der Waals surface area contributed by atoms with Crippen molar-refractivity contribution in [2.45, 2.75) is 111 Å². The minimum atomic E-state index is -0.959. The van der Waals surface area contributed by atoms with Crippen LogP contribution in [-0.4, -0.2) is 51.8 Å². The first-order valence-electron chi connectivity index (χ1n) is 12.8. The first-order chi connectivity index (χ1) is 16.4. The number of nitrogens with zero attached hydrogens (tertiary/aromatic N) is 1. The maximum absolute atomic E-state index is 14.1. The highest BCUT2D eigenvalue weighted by atomic mass is 32.1. The zero-order chi connectivity index (χ0) is 27.8. The van der Waals surface area contributed by atoms with E-state index in [1.54, 1.807) is 25.7 Å². The van der Waals surface area contributed by atoms with Gasteiger partial charge < -0.3 is 20.3 Å². The molecule has 0 aliphatic rings. The van der Waals surface area contributed by atoms with Crippen LogP contribution in [0, 0.1) is 12.8 Å². The maximum atomic E-state index is 14.1. The summed E-state index contributed by atoms with van der Waals surface area (Å²) in [6.07, 6.45) is 0.897. The summed E-state index contributed by atoms with van der Waals surface area (Å²) < 4.78 is 5.38. The zero-order valence-electron chi connectivity index (χ0n) is 23.8. The van der Waals surface area contributed by atoms with Crippen LogP contribution in [0.15, 0.2) is 24.3 Å². The van der Waals surface area contributed by atoms with Crippen LogP contribution in [-0.2, 0) is 14.3 Å². The third kappa shape index (κ3) is 10.8. The van der Waals surface area contributed by atoms with Crippen molar-refractivity contribution >= 4 is 30.5 Å². The molecule has 3 amide bonds. The van der Waals surface area contributed by atoms with E-state index in [1.165, 1.54) is 0 Å². The lowest BCUT2D eigenvalue weighted by molar-refractivity contribution is -0.145. The number of hydrogen-bond donors (Lipinski definition) is 3. The van der Waals surface area contributed by atoms with Gasteiger partial charge in [0, 0.05) is 17.3 Å². The SMILES string of the molecule is Cc1cccc(C(C(=O)NC(C)(C)C)N(C(=O)C(CS)NC(=O)OC(C)(C)C)C(C)CCC(C)C)c1. The summed E-state index contributed by atoms with van der Waals surface area (Å²) >= 11 is 4.36. The predicted molar refractivity (Wildman–Crippen MR) is 149 cm³/mol. The molecule has 0 saturated carbocycles. The third-order valence-corrected chi connectivity index (χ3v) is 5.81. The minimum absolute atomic E-state index is 0.0624. The molecule has 7 nitrogen and oxygen atoms in total. The zero-order valence-corrected chi connectivity index (χ0v) is 24.7. The van der Waals surface area contributed by atoms with E-state index in [0.717, 1.165) is 17.5 Å². The van der Waals surface area contributed by atoms with E-state index in [1.807, 2.05) is 58.9 Å². The lowest BCUT2D eigenvalue weighted by Crippen LogP contribution is -2.57. The molecule has 0 radical (unpaired) electrons. The number of aryl methyl sites for hydroxylation is 1. The molecule has 2 N–H and O–H groups in total. The van der Waals surface area contributed by atoms with Gasteiger partial charge in [0.05, 0.1) is 0 Å². The molecular formula is C28H47N3O4S. The van der Waals surface area contributed by atoms with Crippen molar-refractivity contribution in [3.8, 4) is 0 Å². The molecule has 0 bridgehead atoms. The predicted octanol–water partition coefficient (Wildman–Crippen LogP) is 5.43. The monoisotopic (exact) mass is 521 g/mol. The number of carbonyl (C=O) groups excluding carboxylic acids is 3. The summed E-state index contributed by atoms with van der Waals surface area (Å²) in [5, 5.41) is 5.72. The average molecular weight is 522 g/mol. The Balaban J connectivity index is 3.55. The summed E-state index contributed by atoms with van der Waals surface area (Å²) in [5.41, 5.74) is 0.500. The molecule has 8 heteroatoms. The van der Waals surface area contributed by atoms with Gasteiger partial charge in [-0.2, -0.15) is 12.6 Å². The topological polar surface area (TPSA) is 87.7 Å². The van der Waals surface area contributed by atoms with Gasteiger partial charge in [0.25, 0.3) is 0 Å². The highest BCUT2D eigenvalue weighted by Crippen LogP contribution is 2.29. The van der Waals surface area contributed by atoms with Crippen molar-refractivity contribution < 1.29 is 19.1 Å². The number of ether oxygens (including phenoxy) is 1. The molecular weight excluding hydrogens is 474 g/mol. The van der Waals surface area contributed by atoms with Gasteiger partial charge in [0.2, 0.25) is 11.8 Å². The van der Waals surface area contributed by atoms with E-state index in [9.17, 15) is 14.4 Å². The molecule has 0 aromatic heterocycles. The molecule has 36 heavy (non-hydrogen) atoms. The van der Waals surface area contributed by atoms with Crippen molar-refractivity contribution in [1.82, 2.24) is 15.5 Å². The number of alkyl carbamates (subject to hydrolysis) is 1. The van der Waals surface area contributed by atoms with E-state index < -0.39 is 29.3 Å². The molecule has 1 rings (SSSR count). The number of nitrogens with one attached hydrogen (secondary N) is 2. The van der Waals surface area contributed by atoms with Gasteiger partial charge in [-0.1, -0.05) is 43.7 Å². The van der Waals surface area contributed by atoms with Crippen LogP contribution in [0.1, 0.15) is 92.3 Å². The first kappa shape index (κ1) is 31.8. The molecule has 0 aliphatic heterocycles. The van der Waals surface area contributed by atoms with Crippen LogP contribution < -0.4 is 10.6 Å². The van der Waals surface area contributed by atoms with Crippen LogP contribution in [0.4, 0.5) is 4.79 Å². The van der Waals surface area contributed by atoms with Gasteiger partial charge in [-0.25, -0.2) is 4.79 Å². The molecule has 3 unspecified atom stereocenters. The maximum Gasteiger partial charge on any atom is 0.408 e. The summed E-state index contributed by atoms with van der Waals surface area (Å²) in [7, 11) is 0. The van der Waals surface area contributed by atoms with Crippen LogP contribution >= 0.6 is 12.6 Å². The quantitative estimate of drug-likeness (QED) is 0.359. The largest absolute Gasteiger partial charge is 0.444 e. The fourth-order valence-electron chi connectivity index (χ4n) is 3.84. The summed E-state index contributed by atoms with van der Waals surface area (Å²) in [4.78, 5) is 42.0. The number of thiol groups is 1. The Kier molecular flexibility index (Phi) is 11.8. The fraction of sp³-hybridized carbons (Fsp3) is 0.679. The lowest BCUT2D eigenvalue weighted by atomic mass is 9.95. The molecule has 0 saturated heterocycles. The molecule has 1 aromatic rings. The van der Waals surface area contributed by atoms with E-state index in [-0.39, 0.29) is 23.6 Å². The standard InChI is InChI=1S/C28H47N3O4S/c1-18(2)14-15-20(4)31(25(33)22(17-36)29-26(34)35-28(8,9)10)23(24(32)30-27(5,6)7)21-13-11-12-19(3)16-21/h11-13,16,18,20,22-23,36H,14-15,17H2,1-10H3,(H,29,34)(H,30,32). The van der Waals surface area contributed by atoms with Crippen molar-refractivity contribution in [1.29, 1.82) is 0 Å². The van der Waals surface area contributed by atoms with Crippen LogP contribution in [0.3, 0.4) is 0 Å². The van der Waals surface area contributed by atoms with Crippen LogP contribution in [0.2, 0.25) is 0 Å². The smallest absolute Gasteiger partial charge is 0.408 e. The molecule has 0 fully saturated rings. The highest BCUT2D eigenvalue weighted by Gasteiger charge is 2.39.